The molecule has 2 saturated carbocycles. The first-order valence-corrected chi connectivity index (χ1v) is 5.77. The molecule has 2 aliphatic rings. The van der Waals surface area contributed by atoms with Gasteiger partial charge in [0, 0.05) is 0 Å². The third kappa shape index (κ3) is 1.19. The SMILES string of the molecule is CC1(C)C2CCC1(OS(=O)[O-])CC2. The van der Waals surface area contributed by atoms with E-state index in [1.165, 1.54) is 0 Å². The molecule has 2 rings (SSSR count). The minimum Gasteiger partial charge on any atom is -0.750 e. The molecule has 1 unspecified atom stereocenters. The highest BCUT2D eigenvalue weighted by molar-refractivity contribution is 7.74. The van der Waals surface area contributed by atoms with Crippen molar-refractivity contribution in [2.75, 3.05) is 0 Å². The molecule has 0 aromatic heterocycles. The summed E-state index contributed by atoms with van der Waals surface area (Å²) in [5.41, 5.74) is -0.350. The Kier molecular flexibility index (Phi) is 2.06. The van der Waals surface area contributed by atoms with E-state index >= 15 is 0 Å². The molecule has 0 aliphatic heterocycles. The summed E-state index contributed by atoms with van der Waals surface area (Å²) >= 11 is -2.36. The van der Waals surface area contributed by atoms with Crippen molar-refractivity contribution < 1.29 is 12.9 Å². The second-order valence-electron chi connectivity index (χ2n) is 4.78. The number of hydrogen-bond acceptors (Lipinski definition) is 3. The van der Waals surface area contributed by atoms with Gasteiger partial charge >= 0.3 is 0 Å². The van der Waals surface area contributed by atoms with Gasteiger partial charge in [-0.15, -0.1) is 0 Å². The van der Waals surface area contributed by atoms with Crippen molar-refractivity contribution in [1.82, 2.24) is 0 Å². The lowest BCUT2D eigenvalue weighted by molar-refractivity contribution is 0.000344. The van der Waals surface area contributed by atoms with Crippen LogP contribution in [0.15, 0.2) is 0 Å². The summed E-state index contributed by atoms with van der Waals surface area (Å²) in [4.78, 5) is 0. The van der Waals surface area contributed by atoms with E-state index in [-0.39, 0.29) is 11.0 Å². The van der Waals surface area contributed by atoms with Crippen molar-refractivity contribution >= 4 is 11.4 Å². The zero-order valence-electron chi connectivity index (χ0n) is 8.04. The summed E-state index contributed by atoms with van der Waals surface area (Å²) in [6.45, 7) is 4.26. The fourth-order valence-electron chi connectivity index (χ4n) is 3.14. The molecular formula is C9H15O3S-. The lowest BCUT2D eigenvalue weighted by Gasteiger charge is -2.37. The Morgan fingerprint density at radius 1 is 1.38 bits per heavy atom. The van der Waals surface area contributed by atoms with Gasteiger partial charge in [-0.05, 0) is 37.0 Å². The average molecular weight is 203 g/mol. The van der Waals surface area contributed by atoms with Gasteiger partial charge in [-0.25, -0.2) is 4.21 Å². The van der Waals surface area contributed by atoms with Gasteiger partial charge in [0.25, 0.3) is 0 Å². The minimum absolute atomic E-state index is 0.0348. The Labute approximate surface area is 81.3 Å². The predicted octanol–water partition coefficient (Wildman–Crippen LogP) is 1.77. The first-order valence-electron chi connectivity index (χ1n) is 4.77. The quantitative estimate of drug-likeness (QED) is 0.643. The van der Waals surface area contributed by atoms with Crippen molar-refractivity contribution in [2.24, 2.45) is 11.3 Å². The van der Waals surface area contributed by atoms with Crippen molar-refractivity contribution in [2.45, 2.75) is 45.1 Å². The monoisotopic (exact) mass is 203 g/mol. The summed E-state index contributed by atoms with van der Waals surface area (Å²) < 4.78 is 26.3. The van der Waals surface area contributed by atoms with Gasteiger partial charge in [0.1, 0.15) is 0 Å². The van der Waals surface area contributed by atoms with Crippen LogP contribution in [-0.2, 0) is 15.5 Å². The van der Waals surface area contributed by atoms with Crippen LogP contribution in [0.3, 0.4) is 0 Å². The molecule has 0 amide bonds. The van der Waals surface area contributed by atoms with E-state index in [4.69, 9.17) is 4.18 Å². The van der Waals surface area contributed by atoms with Crippen molar-refractivity contribution in [3.63, 3.8) is 0 Å². The molecule has 76 valence electrons. The second-order valence-corrected chi connectivity index (χ2v) is 5.35. The summed E-state index contributed by atoms with van der Waals surface area (Å²) in [5, 5.41) is 0. The van der Waals surface area contributed by atoms with Gasteiger partial charge in [0.05, 0.1) is 17.0 Å². The normalized spacial score (nSPS) is 43.8. The highest BCUT2D eigenvalue weighted by Crippen LogP contribution is 2.62. The molecule has 13 heavy (non-hydrogen) atoms. The van der Waals surface area contributed by atoms with Crippen LogP contribution in [0, 0.1) is 11.3 Å². The number of hydrogen-bond donors (Lipinski definition) is 0. The zero-order valence-corrected chi connectivity index (χ0v) is 8.86. The number of rotatable bonds is 2. The summed E-state index contributed by atoms with van der Waals surface area (Å²) in [6.07, 6.45) is 4.03. The summed E-state index contributed by atoms with van der Waals surface area (Å²) in [7, 11) is 0. The molecule has 0 saturated heterocycles. The lowest BCUT2D eigenvalue weighted by atomic mass is 9.79. The standard InChI is InChI=1S/C9H16O3S/c1-8(2)7-3-5-9(8,6-4-7)12-13(10)11/h7H,3-6H2,1-2H3,(H,10,11)/p-1. The minimum atomic E-state index is -2.36. The summed E-state index contributed by atoms with van der Waals surface area (Å²) in [5.74, 6) is 0.649. The molecule has 0 N–H and O–H groups in total. The maximum absolute atomic E-state index is 10.6. The average Bonchev–Trinajstić information content (AvgIpc) is 2.36. The van der Waals surface area contributed by atoms with Gasteiger partial charge < -0.3 is 4.55 Å². The lowest BCUT2D eigenvalue weighted by Crippen LogP contribution is -2.40. The molecule has 0 spiro atoms. The number of fused-ring (bicyclic) bond motifs is 2. The van der Waals surface area contributed by atoms with Crippen molar-refractivity contribution in [3.8, 4) is 0 Å². The Morgan fingerprint density at radius 3 is 2.23 bits per heavy atom. The van der Waals surface area contributed by atoms with E-state index in [2.05, 4.69) is 13.8 Å². The molecule has 0 aromatic carbocycles. The van der Waals surface area contributed by atoms with Crippen LogP contribution in [0.25, 0.3) is 0 Å². The summed E-state index contributed by atoms with van der Waals surface area (Å²) in [6, 6.07) is 0. The van der Waals surface area contributed by atoms with Crippen LogP contribution in [-0.4, -0.2) is 14.4 Å². The molecule has 2 fully saturated rings. The molecule has 0 aromatic rings. The Balaban J connectivity index is 2.26. The van der Waals surface area contributed by atoms with E-state index in [9.17, 15) is 8.76 Å². The van der Waals surface area contributed by atoms with Crippen LogP contribution in [0.2, 0.25) is 0 Å². The van der Waals surface area contributed by atoms with Gasteiger partial charge in [0.15, 0.2) is 0 Å². The zero-order chi connectivity index (χ0) is 9.69. The maximum Gasteiger partial charge on any atom is 0.0897 e. The molecule has 2 bridgehead atoms. The van der Waals surface area contributed by atoms with Crippen LogP contribution in [0.5, 0.6) is 0 Å². The molecule has 2 aliphatic carbocycles. The highest BCUT2D eigenvalue weighted by Gasteiger charge is 2.60. The van der Waals surface area contributed by atoms with Crippen LogP contribution in [0.4, 0.5) is 0 Å². The molecule has 3 nitrogen and oxygen atoms in total. The third-order valence-corrected chi connectivity index (χ3v) is 4.67. The second kappa shape index (κ2) is 2.78. The topological polar surface area (TPSA) is 49.4 Å². The van der Waals surface area contributed by atoms with E-state index in [0.29, 0.717) is 5.92 Å². The van der Waals surface area contributed by atoms with Crippen LogP contribution in [0.1, 0.15) is 39.5 Å². The van der Waals surface area contributed by atoms with Crippen molar-refractivity contribution in [1.29, 1.82) is 0 Å². The fourth-order valence-corrected chi connectivity index (χ4v) is 3.79. The van der Waals surface area contributed by atoms with Crippen molar-refractivity contribution in [3.05, 3.63) is 0 Å². The van der Waals surface area contributed by atoms with E-state index in [0.717, 1.165) is 25.7 Å². The van der Waals surface area contributed by atoms with E-state index in [1.807, 2.05) is 0 Å². The Bertz CT molecular complexity index is 241. The van der Waals surface area contributed by atoms with Gasteiger partial charge in [-0.2, -0.15) is 0 Å². The molecule has 1 atom stereocenters. The van der Waals surface area contributed by atoms with Crippen LogP contribution < -0.4 is 0 Å². The van der Waals surface area contributed by atoms with E-state index < -0.39 is 11.4 Å². The molecule has 0 heterocycles. The van der Waals surface area contributed by atoms with Crippen LogP contribution >= 0.6 is 0 Å². The maximum atomic E-state index is 10.6. The Hall–Kier alpha value is 0.0700. The van der Waals surface area contributed by atoms with E-state index in [1.54, 1.807) is 0 Å². The van der Waals surface area contributed by atoms with Gasteiger partial charge in [-0.3, -0.25) is 4.18 Å². The fraction of sp³-hybridized carbons (Fsp3) is 1.00. The largest absolute Gasteiger partial charge is 0.750 e. The van der Waals surface area contributed by atoms with Gasteiger partial charge in [0.2, 0.25) is 0 Å². The molecule has 4 heteroatoms. The third-order valence-electron chi connectivity index (χ3n) is 4.22. The highest BCUT2D eigenvalue weighted by atomic mass is 32.2. The smallest absolute Gasteiger partial charge is 0.0897 e. The molecule has 0 radical (unpaired) electrons. The first-order chi connectivity index (χ1) is 5.98. The Morgan fingerprint density at radius 2 is 1.92 bits per heavy atom. The first kappa shape index (κ1) is 9.62. The molecular weight excluding hydrogens is 188 g/mol. The predicted molar refractivity (Wildman–Crippen MR) is 48.5 cm³/mol. The van der Waals surface area contributed by atoms with Gasteiger partial charge in [-0.1, -0.05) is 13.8 Å².